The predicted octanol–water partition coefficient (Wildman–Crippen LogP) is 3.95. The van der Waals surface area contributed by atoms with Gasteiger partial charge in [0.15, 0.2) is 0 Å². The molecular formula is C15H14ClFO3S. The molecule has 0 saturated carbocycles. The van der Waals surface area contributed by atoms with Gasteiger partial charge < -0.3 is 4.74 Å². The summed E-state index contributed by atoms with van der Waals surface area (Å²) in [6, 6.07) is 9.37. The molecule has 0 aromatic heterocycles. The molecule has 0 saturated heterocycles. The van der Waals surface area contributed by atoms with Crippen molar-refractivity contribution in [1.82, 2.24) is 0 Å². The Bertz CT molecular complexity index is 772. The zero-order valence-electron chi connectivity index (χ0n) is 11.6. The summed E-state index contributed by atoms with van der Waals surface area (Å²) < 4.78 is 41.9. The van der Waals surface area contributed by atoms with Crippen LogP contribution in [-0.2, 0) is 15.7 Å². The number of benzene rings is 2. The first-order valence-corrected chi connectivity index (χ1v) is 8.52. The van der Waals surface area contributed by atoms with Crippen molar-refractivity contribution in [3.63, 3.8) is 0 Å². The van der Waals surface area contributed by atoms with Crippen LogP contribution >= 0.6 is 10.7 Å². The minimum Gasteiger partial charge on any atom is -0.489 e. The van der Waals surface area contributed by atoms with Crippen LogP contribution in [0.5, 0.6) is 5.75 Å². The highest BCUT2D eigenvalue weighted by atomic mass is 35.7. The molecule has 0 aliphatic heterocycles. The average Bonchev–Trinajstić information content (AvgIpc) is 2.39. The van der Waals surface area contributed by atoms with Crippen molar-refractivity contribution in [2.24, 2.45) is 0 Å². The molecule has 21 heavy (non-hydrogen) atoms. The van der Waals surface area contributed by atoms with Crippen molar-refractivity contribution in [1.29, 1.82) is 0 Å². The molecule has 0 radical (unpaired) electrons. The quantitative estimate of drug-likeness (QED) is 0.798. The van der Waals surface area contributed by atoms with Gasteiger partial charge in [0.2, 0.25) is 0 Å². The second-order valence-corrected chi connectivity index (χ2v) is 7.24. The number of hydrogen-bond donors (Lipinski definition) is 0. The molecule has 6 heteroatoms. The van der Waals surface area contributed by atoms with Crippen molar-refractivity contribution >= 4 is 19.7 Å². The van der Waals surface area contributed by atoms with Crippen molar-refractivity contribution in [2.45, 2.75) is 25.3 Å². The lowest BCUT2D eigenvalue weighted by atomic mass is 10.1. The molecule has 2 rings (SSSR count). The third-order valence-corrected chi connectivity index (χ3v) is 4.54. The van der Waals surface area contributed by atoms with Crippen LogP contribution in [0.25, 0.3) is 0 Å². The Balaban J connectivity index is 2.26. The lowest BCUT2D eigenvalue weighted by Gasteiger charge is -2.12. The molecule has 0 amide bonds. The van der Waals surface area contributed by atoms with E-state index in [9.17, 15) is 12.8 Å². The Morgan fingerprint density at radius 1 is 1.14 bits per heavy atom. The molecule has 2 aromatic rings. The van der Waals surface area contributed by atoms with E-state index in [2.05, 4.69) is 0 Å². The molecule has 112 valence electrons. The third-order valence-electron chi connectivity index (χ3n) is 3.08. The zero-order valence-corrected chi connectivity index (χ0v) is 13.1. The van der Waals surface area contributed by atoms with Gasteiger partial charge in [0.1, 0.15) is 18.2 Å². The smallest absolute Gasteiger partial charge is 0.261 e. The van der Waals surface area contributed by atoms with Crippen LogP contribution in [0.15, 0.2) is 41.3 Å². The molecule has 0 fully saturated rings. The second-order valence-electron chi connectivity index (χ2n) is 4.70. The Morgan fingerprint density at radius 3 is 2.43 bits per heavy atom. The molecule has 3 nitrogen and oxygen atoms in total. The number of hydrogen-bond acceptors (Lipinski definition) is 3. The summed E-state index contributed by atoms with van der Waals surface area (Å²) in [5, 5.41) is 0. The number of rotatable bonds is 4. The van der Waals surface area contributed by atoms with E-state index < -0.39 is 9.05 Å². The normalized spacial score (nSPS) is 11.4. The molecular weight excluding hydrogens is 315 g/mol. The SMILES string of the molecule is Cc1cc(S(=O)(=O)Cl)c(C)cc1OCc1ccccc1F. The highest BCUT2D eigenvalue weighted by molar-refractivity contribution is 8.13. The minimum absolute atomic E-state index is 0.0555. The summed E-state index contributed by atoms with van der Waals surface area (Å²) in [5.41, 5.74) is 1.54. The van der Waals surface area contributed by atoms with Crippen LogP contribution in [-0.4, -0.2) is 8.42 Å². The molecule has 0 atom stereocenters. The first kappa shape index (κ1) is 15.8. The highest BCUT2D eigenvalue weighted by Crippen LogP contribution is 2.28. The third kappa shape index (κ3) is 3.74. The van der Waals surface area contributed by atoms with E-state index in [0.717, 1.165) is 0 Å². The molecule has 0 aliphatic rings. The number of halogens is 2. The van der Waals surface area contributed by atoms with Gasteiger partial charge in [-0.3, -0.25) is 0 Å². The maximum Gasteiger partial charge on any atom is 0.261 e. The van der Waals surface area contributed by atoms with Gasteiger partial charge in [0.25, 0.3) is 9.05 Å². The summed E-state index contributed by atoms with van der Waals surface area (Å²) in [7, 11) is 1.57. The molecule has 2 aromatic carbocycles. The second kappa shape index (κ2) is 6.03. The minimum atomic E-state index is -3.79. The fourth-order valence-corrected chi connectivity index (χ4v) is 3.21. The molecule has 0 heterocycles. The zero-order chi connectivity index (χ0) is 15.6. The molecule has 0 aliphatic carbocycles. The van der Waals surface area contributed by atoms with Crippen LogP contribution in [0.3, 0.4) is 0 Å². The van der Waals surface area contributed by atoms with Crippen LogP contribution in [0, 0.1) is 19.7 Å². The van der Waals surface area contributed by atoms with Gasteiger partial charge >= 0.3 is 0 Å². The van der Waals surface area contributed by atoms with Crippen molar-refractivity contribution in [3.8, 4) is 5.75 Å². The van der Waals surface area contributed by atoms with Gasteiger partial charge in [-0.1, -0.05) is 18.2 Å². The summed E-state index contributed by atoms with van der Waals surface area (Å²) >= 11 is 0. The first-order chi connectivity index (χ1) is 9.79. The van der Waals surface area contributed by atoms with Gasteiger partial charge in [-0.05, 0) is 43.2 Å². The summed E-state index contributed by atoms with van der Waals surface area (Å²) in [4.78, 5) is 0.0555. The summed E-state index contributed by atoms with van der Waals surface area (Å²) in [5.74, 6) is 0.159. The van der Waals surface area contributed by atoms with Gasteiger partial charge in [0.05, 0.1) is 4.90 Å². The Morgan fingerprint density at radius 2 is 1.81 bits per heavy atom. The lowest BCUT2D eigenvalue weighted by Crippen LogP contribution is -2.02. The Labute approximate surface area is 127 Å². The fraction of sp³-hybridized carbons (Fsp3) is 0.200. The van der Waals surface area contributed by atoms with Crippen molar-refractivity contribution in [3.05, 3.63) is 58.9 Å². The monoisotopic (exact) mass is 328 g/mol. The lowest BCUT2D eigenvalue weighted by molar-refractivity contribution is 0.297. The van der Waals surface area contributed by atoms with Gasteiger partial charge in [-0.25, -0.2) is 12.8 Å². The standard InChI is InChI=1S/C15H14ClFO3S/c1-10-8-15(21(16,18)19)11(2)7-14(10)20-9-12-5-3-4-6-13(12)17/h3-8H,9H2,1-2H3. The fourth-order valence-electron chi connectivity index (χ4n) is 1.95. The van der Waals surface area contributed by atoms with E-state index in [1.54, 1.807) is 38.1 Å². The van der Waals surface area contributed by atoms with Crippen LogP contribution in [0.2, 0.25) is 0 Å². The number of ether oxygens (including phenoxy) is 1. The number of aryl methyl sites for hydroxylation is 2. The van der Waals surface area contributed by atoms with Crippen LogP contribution in [0.4, 0.5) is 4.39 Å². The van der Waals surface area contributed by atoms with E-state index in [1.165, 1.54) is 12.1 Å². The Hall–Kier alpha value is -1.59. The van der Waals surface area contributed by atoms with Crippen molar-refractivity contribution in [2.75, 3.05) is 0 Å². The summed E-state index contributed by atoms with van der Waals surface area (Å²) in [6.45, 7) is 3.41. The molecule has 0 spiro atoms. The van der Waals surface area contributed by atoms with E-state index in [-0.39, 0.29) is 17.3 Å². The predicted molar refractivity (Wildman–Crippen MR) is 79.7 cm³/mol. The molecule has 0 unspecified atom stereocenters. The molecule has 0 N–H and O–H groups in total. The summed E-state index contributed by atoms with van der Waals surface area (Å²) in [6.07, 6.45) is 0. The van der Waals surface area contributed by atoms with E-state index in [4.69, 9.17) is 15.4 Å². The van der Waals surface area contributed by atoms with E-state index >= 15 is 0 Å². The van der Waals surface area contributed by atoms with Gasteiger partial charge in [0, 0.05) is 16.2 Å². The van der Waals surface area contributed by atoms with Crippen LogP contribution in [0.1, 0.15) is 16.7 Å². The first-order valence-electron chi connectivity index (χ1n) is 6.21. The molecule has 0 bridgehead atoms. The largest absolute Gasteiger partial charge is 0.489 e. The van der Waals surface area contributed by atoms with Crippen molar-refractivity contribution < 1.29 is 17.5 Å². The maximum absolute atomic E-state index is 13.5. The topological polar surface area (TPSA) is 43.4 Å². The van der Waals surface area contributed by atoms with Crippen LogP contribution < -0.4 is 4.74 Å². The highest BCUT2D eigenvalue weighted by Gasteiger charge is 2.16. The average molecular weight is 329 g/mol. The van der Waals surface area contributed by atoms with Gasteiger partial charge in [-0.15, -0.1) is 0 Å². The van der Waals surface area contributed by atoms with Gasteiger partial charge in [-0.2, -0.15) is 0 Å². The maximum atomic E-state index is 13.5. The van der Waals surface area contributed by atoms with E-state index in [0.29, 0.717) is 22.4 Å². The Kier molecular flexibility index (Phi) is 4.54. The van der Waals surface area contributed by atoms with E-state index in [1.807, 2.05) is 0 Å².